The number of amides is 1. The van der Waals surface area contributed by atoms with Crippen molar-refractivity contribution in [2.75, 3.05) is 0 Å². The Labute approximate surface area is 171 Å². The molecule has 1 heterocycles. The number of nitrogens with one attached hydrogen (secondary N) is 1. The molecule has 0 saturated heterocycles. The number of aromatic nitrogens is 4. The van der Waals surface area contributed by atoms with E-state index in [0.717, 1.165) is 12.0 Å². The maximum absolute atomic E-state index is 12.6. The molecule has 1 atom stereocenters. The summed E-state index contributed by atoms with van der Waals surface area (Å²) in [5.41, 5.74) is 0.888. The van der Waals surface area contributed by atoms with Crippen molar-refractivity contribution in [3.05, 3.63) is 41.7 Å². The zero-order valence-electron chi connectivity index (χ0n) is 16.9. The lowest BCUT2D eigenvalue weighted by molar-refractivity contribution is -0.122. The summed E-state index contributed by atoms with van der Waals surface area (Å²) in [7, 11) is 0. The van der Waals surface area contributed by atoms with Gasteiger partial charge in [0, 0.05) is 6.42 Å². The molecule has 2 aromatic rings. The molecule has 0 aliphatic heterocycles. The highest BCUT2D eigenvalue weighted by atomic mass is 16.5. The lowest BCUT2D eigenvalue weighted by Crippen LogP contribution is -2.42. The maximum atomic E-state index is 12.6. The Balaban J connectivity index is 1.46. The second kappa shape index (κ2) is 10.7. The number of carbonyl (C=O) groups excluding carboxylic acids is 2. The van der Waals surface area contributed by atoms with E-state index in [1.807, 2.05) is 37.3 Å². The summed E-state index contributed by atoms with van der Waals surface area (Å²) < 4.78 is 5.20. The van der Waals surface area contributed by atoms with Crippen LogP contribution in [-0.4, -0.2) is 38.1 Å². The first-order valence-corrected chi connectivity index (χ1v) is 10.4. The lowest BCUT2D eigenvalue weighted by atomic mass is 9.87. The summed E-state index contributed by atoms with van der Waals surface area (Å²) in [6, 6.07) is 8.75. The van der Waals surface area contributed by atoms with Crippen molar-refractivity contribution in [1.29, 1.82) is 0 Å². The zero-order valence-corrected chi connectivity index (χ0v) is 16.9. The number of Topliss-reactive ketones (excluding diaryl/α,β-unsaturated/α-hetero) is 1. The summed E-state index contributed by atoms with van der Waals surface area (Å²) in [6.07, 6.45) is 6.92. The van der Waals surface area contributed by atoms with Gasteiger partial charge in [-0.3, -0.25) is 4.79 Å². The quantitative estimate of drug-likeness (QED) is 0.696. The van der Waals surface area contributed by atoms with Gasteiger partial charge in [-0.2, -0.15) is 4.80 Å². The highest BCUT2D eigenvalue weighted by molar-refractivity contribution is 5.87. The fraction of sp³-hybridized carbons (Fsp3) is 0.571. The minimum Gasteiger partial charge on any atom is -0.445 e. The van der Waals surface area contributed by atoms with Crippen molar-refractivity contribution < 1.29 is 14.3 Å². The predicted molar refractivity (Wildman–Crippen MR) is 107 cm³/mol. The Morgan fingerprint density at radius 1 is 1.21 bits per heavy atom. The molecule has 1 fully saturated rings. The number of hydrogen-bond acceptors (Lipinski definition) is 6. The van der Waals surface area contributed by atoms with Crippen LogP contribution in [0, 0.1) is 5.92 Å². The van der Waals surface area contributed by atoms with E-state index < -0.39 is 12.1 Å². The van der Waals surface area contributed by atoms with E-state index in [9.17, 15) is 9.59 Å². The average Bonchev–Trinajstić information content (AvgIpc) is 3.18. The van der Waals surface area contributed by atoms with Crippen molar-refractivity contribution in [3.63, 3.8) is 0 Å². The topological polar surface area (TPSA) is 99.0 Å². The van der Waals surface area contributed by atoms with Crippen molar-refractivity contribution >= 4 is 11.9 Å². The SMILES string of the molecule is CCC(NC(=O)OCc1ccccc1)C(=O)Cn1nnc(CC2CCCCC2)n1. The van der Waals surface area contributed by atoms with Gasteiger partial charge >= 0.3 is 6.09 Å². The summed E-state index contributed by atoms with van der Waals surface area (Å²) in [4.78, 5) is 25.9. The van der Waals surface area contributed by atoms with Crippen LogP contribution >= 0.6 is 0 Å². The number of carbonyl (C=O) groups is 2. The Hall–Kier alpha value is -2.77. The number of ketones is 1. The molecule has 29 heavy (non-hydrogen) atoms. The second-order valence-electron chi connectivity index (χ2n) is 7.58. The molecule has 1 aliphatic carbocycles. The average molecular weight is 399 g/mol. The van der Waals surface area contributed by atoms with Crippen molar-refractivity contribution in [1.82, 2.24) is 25.5 Å². The van der Waals surface area contributed by atoms with E-state index >= 15 is 0 Å². The second-order valence-corrected chi connectivity index (χ2v) is 7.58. The zero-order chi connectivity index (χ0) is 20.5. The smallest absolute Gasteiger partial charge is 0.408 e. The van der Waals surface area contributed by atoms with Crippen molar-refractivity contribution in [2.45, 2.75) is 71.1 Å². The highest BCUT2D eigenvalue weighted by Gasteiger charge is 2.22. The monoisotopic (exact) mass is 399 g/mol. The van der Waals surface area contributed by atoms with E-state index in [-0.39, 0.29) is 18.9 Å². The minimum absolute atomic E-state index is 0.0187. The van der Waals surface area contributed by atoms with Crippen LogP contribution in [0.25, 0.3) is 0 Å². The van der Waals surface area contributed by atoms with Crippen LogP contribution in [0.5, 0.6) is 0 Å². The van der Waals surface area contributed by atoms with Gasteiger partial charge in [0.05, 0.1) is 6.04 Å². The van der Waals surface area contributed by atoms with Crippen molar-refractivity contribution in [2.24, 2.45) is 5.92 Å². The minimum atomic E-state index is -0.647. The fourth-order valence-electron chi connectivity index (χ4n) is 3.64. The van der Waals surface area contributed by atoms with Gasteiger partial charge in [-0.05, 0) is 23.1 Å². The van der Waals surface area contributed by atoms with Crippen molar-refractivity contribution in [3.8, 4) is 0 Å². The van der Waals surface area contributed by atoms with Gasteiger partial charge < -0.3 is 10.1 Å². The molecule has 1 saturated carbocycles. The third kappa shape index (κ3) is 6.66. The number of nitrogens with zero attached hydrogens (tertiary/aromatic N) is 4. The highest BCUT2D eigenvalue weighted by Crippen LogP contribution is 2.25. The van der Waals surface area contributed by atoms with Crippen LogP contribution in [0.4, 0.5) is 4.79 Å². The van der Waals surface area contributed by atoms with Gasteiger partial charge in [0.2, 0.25) is 0 Å². The van der Waals surface area contributed by atoms with Crippen LogP contribution < -0.4 is 5.32 Å². The normalized spacial score (nSPS) is 15.6. The molecule has 156 valence electrons. The molecule has 1 N–H and O–H groups in total. The molecule has 3 rings (SSSR count). The Morgan fingerprint density at radius 3 is 2.69 bits per heavy atom. The van der Waals surface area contributed by atoms with E-state index in [1.54, 1.807) is 0 Å². The number of hydrogen-bond donors (Lipinski definition) is 1. The Morgan fingerprint density at radius 2 is 1.97 bits per heavy atom. The van der Waals surface area contributed by atoms with Gasteiger partial charge in [-0.1, -0.05) is 69.4 Å². The molecule has 0 bridgehead atoms. The molecule has 0 radical (unpaired) electrons. The molecule has 0 spiro atoms. The third-order valence-corrected chi connectivity index (χ3v) is 5.29. The first kappa shape index (κ1) is 21.0. The molecular formula is C21H29N5O3. The number of rotatable bonds is 9. The van der Waals surface area contributed by atoms with Crippen LogP contribution in [0.15, 0.2) is 30.3 Å². The standard InChI is InChI=1S/C21H29N5O3/c1-2-18(22-21(28)29-15-17-11-7-4-8-12-17)19(27)14-26-24-20(23-25-26)13-16-9-5-3-6-10-16/h4,7-8,11-12,16,18H,2-3,5-6,9-10,13-15H2,1H3,(H,22,28). The van der Waals surface area contributed by atoms with E-state index in [1.165, 1.54) is 36.9 Å². The number of ether oxygens (including phenoxy) is 1. The Kier molecular flexibility index (Phi) is 7.72. The lowest BCUT2D eigenvalue weighted by Gasteiger charge is -2.19. The number of tetrazole rings is 1. The molecule has 8 nitrogen and oxygen atoms in total. The summed E-state index contributed by atoms with van der Waals surface area (Å²) in [5, 5.41) is 15.1. The van der Waals surface area contributed by atoms with Crippen LogP contribution in [0.3, 0.4) is 0 Å². The number of benzene rings is 1. The molecule has 1 unspecified atom stereocenters. The molecule has 1 amide bonds. The summed E-state index contributed by atoms with van der Waals surface area (Å²) in [5.74, 6) is 1.13. The molecular weight excluding hydrogens is 370 g/mol. The molecule has 1 aromatic heterocycles. The maximum Gasteiger partial charge on any atom is 0.408 e. The first-order chi connectivity index (χ1) is 14.1. The van der Waals surface area contributed by atoms with Gasteiger partial charge in [-0.15, -0.1) is 10.2 Å². The molecule has 8 heteroatoms. The summed E-state index contributed by atoms with van der Waals surface area (Å²) in [6.45, 7) is 1.98. The third-order valence-electron chi connectivity index (χ3n) is 5.29. The van der Waals surface area contributed by atoms with Gasteiger partial charge in [0.15, 0.2) is 11.6 Å². The molecule has 1 aliphatic rings. The van der Waals surface area contributed by atoms with Gasteiger partial charge in [0.1, 0.15) is 13.2 Å². The van der Waals surface area contributed by atoms with E-state index in [2.05, 4.69) is 20.7 Å². The van der Waals surface area contributed by atoms with E-state index in [4.69, 9.17) is 4.74 Å². The van der Waals surface area contributed by atoms with Crippen LogP contribution in [-0.2, 0) is 29.1 Å². The fourth-order valence-corrected chi connectivity index (χ4v) is 3.64. The largest absolute Gasteiger partial charge is 0.445 e. The Bertz CT molecular complexity index is 787. The molecule has 1 aromatic carbocycles. The van der Waals surface area contributed by atoms with Crippen LogP contribution in [0.1, 0.15) is 56.8 Å². The number of alkyl carbamates (subject to hydrolysis) is 1. The van der Waals surface area contributed by atoms with Gasteiger partial charge in [-0.25, -0.2) is 4.79 Å². The predicted octanol–water partition coefficient (Wildman–Crippen LogP) is 3.07. The van der Waals surface area contributed by atoms with Crippen LogP contribution in [0.2, 0.25) is 0 Å². The van der Waals surface area contributed by atoms with Gasteiger partial charge in [0.25, 0.3) is 0 Å². The summed E-state index contributed by atoms with van der Waals surface area (Å²) >= 11 is 0. The first-order valence-electron chi connectivity index (χ1n) is 10.4. The van der Waals surface area contributed by atoms with E-state index in [0.29, 0.717) is 18.2 Å².